The number of nitrogens with two attached hydrogens (primary N) is 1. The van der Waals surface area contributed by atoms with Crippen LogP contribution in [0.1, 0.15) is 18.3 Å². The molecule has 0 aromatic carbocycles. The van der Waals surface area contributed by atoms with Crippen molar-refractivity contribution < 1.29 is 0 Å². The first-order chi connectivity index (χ1) is 6.77. The molecule has 4 nitrogen and oxygen atoms in total. The second-order valence-corrected chi connectivity index (χ2v) is 4.36. The van der Waals surface area contributed by atoms with Gasteiger partial charge in [-0.2, -0.15) is 0 Å². The van der Waals surface area contributed by atoms with Crippen molar-refractivity contribution in [2.45, 2.75) is 19.0 Å². The number of thiophene rings is 1. The van der Waals surface area contributed by atoms with Crippen LogP contribution in [0.2, 0.25) is 0 Å². The summed E-state index contributed by atoms with van der Waals surface area (Å²) in [7, 11) is 0. The zero-order valence-electron chi connectivity index (χ0n) is 7.43. The van der Waals surface area contributed by atoms with Crippen LogP contribution in [-0.2, 0) is 6.54 Å². The van der Waals surface area contributed by atoms with E-state index in [0.717, 1.165) is 17.1 Å². The minimum absolute atomic E-state index is 0.0548. The van der Waals surface area contributed by atoms with Gasteiger partial charge in [0.2, 0.25) is 0 Å². The molecule has 0 saturated heterocycles. The van der Waals surface area contributed by atoms with Gasteiger partial charge in [0.05, 0.1) is 11.4 Å². The highest BCUT2D eigenvalue weighted by atomic mass is 32.1. The van der Waals surface area contributed by atoms with E-state index in [9.17, 15) is 4.79 Å². The first-order valence-corrected chi connectivity index (χ1v) is 5.39. The maximum Gasteiger partial charge on any atom is 0.262 e. The summed E-state index contributed by atoms with van der Waals surface area (Å²) >= 11 is 1.49. The topological polar surface area (TPSA) is 60.9 Å². The Balaban J connectivity index is 2.47. The van der Waals surface area contributed by atoms with Gasteiger partial charge in [0.1, 0.15) is 10.7 Å². The van der Waals surface area contributed by atoms with Crippen molar-refractivity contribution in [2.24, 2.45) is 5.73 Å². The van der Waals surface area contributed by atoms with Gasteiger partial charge in [0, 0.05) is 6.54 Å². The zero-order chi connectivity index (χ0) is 9.71. The summed E-state index contributed by atoms with van der Waals surface area (Å²) < 4.78 is 1.69. The van der Waals surface area contributed by atoms with Gasteiger partial charge in [0.15, 0.2) is 0 Å². The molecule has 3 heterocycles. The minimum Gasteiger partial charge on any atom is -0.321 e. The molecule has 0 saturated carbocycles. The van der Waals surface area contributed by atoms with E-state index in [2.05, 4.69) is 4.98 Å². The highest BCUT2D eigenvalue weighted by Crippen LogP contribution is 2.23. The Hall–Kier alpha value is -1.20. The lowest BCUT2D eigenvalue weighted by Gasteiger charge is -2.03. The van der Waals surface area contributed by atoms with E-state index in [1.165, 1.54) is 11.3 Å². The van der Waals surface area contributed by atoms with Crippen molar-refractivity contribution in [3.63, 3.8) is 0 Å². The second-order valence-electron chi connectivity index (χ2n) is 3.46. The Morgan fingerprint density at radius 2 is 2.50 bits per heavy atom. The highest BCUT2D eigenvalue weighted by Gasteiger charge is 2.23. The fourth-order valence-electron chi connectivity index (χ4n) is 1.86. The van der Waals surface area contributed by atoms with Crippen LogP contribution in [-0.4, -0.2) is 9.55 Å². The lowest BCUT2D eigenvalue weighted by Crippen LogP contribution is -2.21. The Labute approximate surface area is 84.0 Å². The molecule has 0 bridgehead atoms. The van der Waals surface area contributed by atoms with E-state index >= 15 is 0 Å². The summed E-state index contributed by atoms with van der Waals surface area (Å²) in [6.07, 6.45) is 0.819. The molecule has 72 valence electrons. The van der Waals surface area contributed by atoms with Gasteiger partial charge in [0.25, 0.3) is 5.56 Å². The zero-order valence-corrected chi connectivity index (χ0v) is 8.25. The summed E-state index contributed by atoms with van der Waals surface area (Å²) in [4.78, 5) is 17.1. The van der Waals surface area contributed by atoms with Gasteiger partial charge in [-0.05, 0) is 17.9 Å². The summed E-state index contributed by atoms with van der Waals surface area (Å²) in [5.41, 5.74) is 5.91. The quantitative estimate of drug-likeness (QED) is 0.697. The average molecular weight is 207 g/mol. The highest BCUT2D eigenvalue weighted by molar-refractivity contribution is 7.16. The van der Waals surface area contributed by atoms with Crippen LogP contribution in [0.25, 0.3) is 10.2 Å². The van der Waals surface area contributed by atoms with Crippen LogP contribution in [0.5, 0.6) is 0 Å². The van der Waals surface area contributed by atoms with E-state index in [-0.39, 0.29) is 11.6 Å². The normalized spacial score (nSPS) is 20.2. The molecule has 0 radical (unpaired) electrons. The first kappa shape index (κ1) is 8.14. The fourth-order valence-corrected chi connectivity index (χ4v) is 2.62. The third-order valence-electron chi connectivity index (χ3n) is 2.61. The van der Waals surface area contributed by atoms with Gasteiger partial charge >= 0.3 is 0 Å². The number of nitrogens with zero attached hydrogens (tertiary/aromatic N) is 2. The molecular weight excluding hydrogens is 198 g/mol. The van der Waals surface area contributed by atoms with Gasteiger partial charge in [-0.3, -0.25) is 9.36 Å². The molecule has 0 aliphatic carbocycles. The number of rotatable bonds is 0. The minimum atomic E-state index is -0.0748. The van der Waals surface area contributed by atoms with Crippen molar-refractivity contribution in [3.05, 3.63) is 27.6 Å². The third-order valence-corrected chi connectivity index (χ3v) is 3.41. The monoisotopic (exact) mass is 207 g/mol. The molecule has 0 unspecified atom stereocenters. The molecule has 0 fully saturated rings. The first-order valence-electron chi connectivity index (χ1n) is 4.51. The molecule has 5 heteroatoms. The molecule has 0 spiro atoms. The van der Waals surface area contributed by atoms with E-state index in [1.54, 1.807) is 4.57 Å². The Morgan fingerprint density at radius 1 is 1.64 bits per heavy atom. The molecule has 2 aromatic heterocycles. The Bertz CT molecular complexity index is 557. The maximum atomic E-state index is 11.9. The Kier molecular flexibility index (Phi) is 1.54. The summed E-state index contributed by atoms with van der Waals surface area (Å²) in [6, 6.07) is 1.75. The maximum absolute atomic E-state index is 11.9. The molecule has 2 N–H and O–H groups in total. The van der Waals surface area contributed by atoms with Crippen molar-refractivity contribution >= 4 is 21.6 Å². The van der Waals surface area contributed by atoms with Gasteiger partial charge in [-0.25, -0.2) is 4.98 Å². The number of hydrogen-bond donors (Lipinski definition) is 1. The summed E-state index contributed by atoms with van der Waals surface area (Å²) in [5, 5.41) is 2.60. The fraction of sp³-hybridized carbons (Fsp3) is 0.333. The third kappa shape index (κ3) is 0.908. The van der Waals surface area contributed by atoms with Crippen molar-refractivity contribution in [2.75, 3.05) is 0 Å². The number of fused-ring (bicyclic) bond motifs is 2. The van der Waals surface area contributed by atoms with E-state index in [4.69, 9.17) is 5.73 Å². The molecule has 14 heavy (non-hydrogen) atoms. The predicted octanol–water partition coefficient (Wildman–Crippen LogP) is 0.862. The smallest absolute Gasteiger partial charge is 0.262 e. The lowest BCUT2D eigenvalue weighted by atomic mass is 10.3. The van der Waals surface area contributed by atoms with E-state index < -0.39 is 0 Å². The number of hydrogen-bond acceptors (Lipinski definition) is 4. The molecule has 2 aromatic rings. The van der Waals surface area contributed by atoms with Crippen LogP contribution in [0.3, 0.4) is 0 Å². The molecule has 3 rings (SSSR count). The Morgan fingerprint density at radius 3 is 3.36 bits per heavy atom. The van der Waals surface area contributed by atoms with Crippen LogP contribution >= 0.6 is 11.3 Å². The molecule has 1 aliphatic heterocycles. The van der Waals surface area contributed by atoms with E-state index in [1.807, 2.05) is 11.4 Å². The van der Waals surface area contributed by atoms with Crippen LogP contribution < -0.4 is 11.3 Å². The molecular formula is C9H9N3OS. The molecule has 0 amide bonds. The lowest BCUT2D eigenvalue weighted by molar-refractivity contribution is 0.679. The largest absolute Gasteiger partial charge is 0.321 e. The second kappa shape index (κ2) is 2.65. The predicted molar refractivity (Wildman–Crippen MR) is 55.4 cm³/mol. The number of aromatic nitrogens is 2. The van der Waals surface area contributed by atoms with Crippen molar-refractivity contribution in [3.8, 4) is 0 Å². The standard InChI is InChI=1S/C9H9N3OS/c10-6-1-3-12-7(6)11-8-5(9(12)13)2-4-14-8/h2,4,6H,1,3,10H2/t6-/m0/s1. The van der Waals surface area contributed by atoms with Gasteiger partial charge in [-0.15, -0.1) is 11.3 Å². The van der Waals surface area contributed by atoms with Crippen LogP contribution in [0.4, 0.5) is 0 Å². The summed E-state index contributed by atoms with van der Waals surface area (Å²) in [5.74, 6) is 0.741. The SMILES string of the molecule is N[C@H]1CCn2c1nc1sccc1c2=O. The molecule has 1 aliphatic rings. The summed E-state index contributed by atoms with van der Waals surface area (Å²) in [6.45, 7) is 0.702. The van der Waals surface area contributed by atoms with E-state index in [0.29, 0.717) is 11.9 Å². The van der Waals surface area contributed by atoms with Crippen LogP contribution in [0, 0.1) is 0 Å². The van der Waals surface area contributed by atoms with Crippen molar-refractivity contribution in [1.82, 2.24) is 9.55 Å². The van der Waals surface area contributed by atoms with Gasteiger partial charge < -0.3 is 5.73 Å². The average Bonchev–Trinajstić information content (AvgIpc) is 2.75. The van der Waals surface area contributed by atoms with Crippen molar-refractivity contribution in [1.29, 1.82) is 0 Å². The van der Waals surface area contributed by atoms with Gasteiger partial charge in [-0.1, -0.05) is 0 Å². The molecule has 1 atom stereocenters. The van der Waals surface area contributed by atoms with Crippen LogP contribution in [0.15, 0.2) is 16.2 Å².